The third-order valence-electron chi connectivity index (χ3n) is 3.89. The lowest BCUT2D eigenvalue weighted by Crippen LogP contribution is -2.34. The van der Waals surface area contributed by atoms with Gasteiger partial charge in [0.05, 0.1) is 18.2 Å². The fourth-order valence-corrected chi connectivity index (χ4v) is 3.38. The highest BCUT2D eigenvalue weighted by molar-refractivity contribution is 6.35. The molecule has 1 aliphatic rings. The minimum Gasteiger partial charge on any atom is -0.342 e. The van der Waals surface area contributed by atoms with E-state index in [4.69, 9.17) is 32.7 Å². The molecule has 1 saturated heterocycles. The number of benzene rings is 1. The highest BCUT2D eigenvalue weighted by Gasteiger charge is 2.45. The number of aromatic nitrogens is 6. The van der Waals surface area contributed by atoms with Crippen molar-refractivity contribution in [2.24, 2.45) is 0 Å². The molecule has 0 saturated carbocycles. The molecule has 25 heavy (non-hydrogen) atoms. The number of hydrogen-bond donors (Lipinski definition) is 0. The molecule has 0 bridgehead atoms. The maximum absolute atomic E-state index is 6.41. The van der Waals surface area contributed by atoms with Gasteiger partial charge < -0.3 is 9.47 Å². The summed E-state index contributed by atoms with van der Waals surface area (Å²) in [6.45, 7) is 1.21. The molecule has 10 heteroatoms. The van der Waals surface area contributed by atoms with Crippen molar-refractivity contribution >= 4 is 23.2 Å². The van der Waals surface area contributed by atoms with Crippen LogP contribution >= 0.6 is 23.2 Å². The summed E-state index contributed by atoms with van der Waals surface area (Å²) in [5.74, 6) is -1.08. The number of ether oxygens (including phenoxy) is 2. The summed E-state index contributed by atoms with van der Waals surface area (Å²) >= 11 is 12.4. The predicted molar refractivity (Wildman–Crippen MR) is 89.0 cm³/mol. The van der Waals surface area contributed by atoms with Gasteiger partial charge in [0.25, 0.3) is 0 Å². The van der Waals surface area contributed by atoms with Crippen molar-refractivity contribution in [3.63, 3.8) is 0 Å². The Hall–Kier alpha value is -2.00. The summed E-state index contributed by atoms with van der Waals surface area (Å²) < 4.78 is 15.7. The van der Waals surface area contributed by atoms with Crippen LogP contribution in [-0.2, 0) is 28.4 Å². The average molecular weight is 381 g/mol. The standard InChI is InChI=1S/C15H14Cl2N6O2/c16-11-1-2-13(14(17)3-11)15(6-23-10-19-8-21-23)24-5-12(25-15)4-22-9-18-7-20-22/h1-3,7-10,12H,4-6H2/t12-,15+/m1/s1. The summed E-state index contributed by atoms with van der Waals surface area (Å²) in [5.41, 5.74) is 0.690. The normalized spacial score (nSPS) is 23.2. The van der Waals surface area contributed by atoms with E-state index in [2.05, 4.69) is 20.2 Å². The predicted octanol–water partition coefficient (Wildman–Crippen LogP) is 2.14. The van der Waals surface area contributed by atoms with Crippen LogP contribution in [0.2, 0.25) is 10.0 Å². The minimum absolute atomic E-state index is 0.211. The number of nitrogens with zero attached hydrogens (tertiary/aromatic N) is 6. The van der Waals surface area contributed by atoms with E-state index in [1.165, 1.54) is 12.7 Å². The molecule has 0 amide bonds. The van der Waals surface area contributed by atoms with Gasteiger partial charge in [-0.1, -0.05) is 29.3 Å². The van der Waals surface area contributed by atoms with Gasteiger partial charge in [-0.2, -0.15) is 10.2 Å². The molecule has 0 radical (unpaired) electrons. The Morgan fingerprint density at radius 2 is 1.88 bits per heavy atom. The van der Waals surface area contributed by atoms with E-state index < -0.39 is 5.79 Å². The number of halogens is 2. The van der Waals surface area contributed by atoms with Gasteiger partial charge in [-0.3, -0.25) is 4.68 Å². The van der Waals surface area contributed by atoms with Crippen LogP contribution in [0.1, 0.15) is 5.56 Å². The summed E-state index contributed by atoms with van der Waals surface area (Å²) in [7, 11) is 0. The number of rotatable bonds is 5. The first-order valence-electron chi connectivity index (χ1n) is 7.57. The van der Waals surface area contributed by atoms with E-state index in [9.17, 15) is 0 Å². The largest absolute Gasteiger partial charge is 0.342 e. The molecule has 8 nitrogen and oxygen atoms in total. The van der Waals surface area contributed by atoms with Crippen molar-refractivity contribution in [3.05, 3.63) is 59.1 Å². The maximum atomic E-state index is 6.41. The zero-order chi connectivity index (χ0) is 17.3. The first-order chi connectivity index (χ1) is 12.1. The molecule has 2 atom stereocenters. The lowest BCUT2D eigenvalue weighted by atomic mass is 10.1. The van der Waals surface area contributed by atoms with Crippen LogP contribution in [0, 0.1) is 0 Å². The molecular weight excluding hydrogens is 367 g/mol. The van der Waals surface area contributed by atoms with Gasteiger partial charge >= 0.3 is 0 Å². The third kappa shape index (κ3) is 3.38. The second-order valence-electron chi connectivity index (χ2n) is 5.64. The van der Waals surface area contributed by atoms with Gasteiger partial charge in [-0.05, 0) is 12.1 Å². The smallest absolute Gasteiger partial charge is 0.217 e. The van der Waals surface area contributed by atoms with E-state index in [-0.39, 0.29) is 6.10 Å². The van der Waals surface area contributed by atoms with Gasteiger partial charge in [-0.25, -0.2) is 14.6 Å². The zero-order valence-electron chi connectivity index (χ0n) is 13.0. The summed E-state index contributed by atoms with van der Waals surface area (Å²) in [6.07, 6.45) is 5.96. The Morgan fingerprint density at radius 3 is 2.56 bits per heavy atom. The fourth-order valence-electron chi connectivity index (χ4n) is 2.83. The van der Waals surface area contributed by atoms with Gasteiger partial charge in [0, 0.05) is 10.6 Å². The quantitative estimate of drug-likeness (QED) is 0.674. The molecule has 4 rings (SSSR count). The Balaban J connectivity index is 1.65. The van der Waals surface area contributed by atoms with Crippen LogP contribution < -0.4 is 0 Å². The molecule has 130 valence electrons. The molecule has 0 N–H and O–H groups in total. The van der Waals surface area contributed by atoms with Gasteiger partial charge in [0.1, 0.15) is 38.0 Å². The monoisotopic (exact) mass is 380 g/mol. The van der Waals surface area contributed by atoms with Crippen molar-refractivity contribution in [2.75, 3.05) is 6.61 Å². The van der Waals surface area contributed by atoms with E-state index in [1.807, 2.05) is 0 Å². The van der Waals surface area contributed by atoms with Gasteiger partial charge in [0.2, 0.25) is 5.79 Å². The second-order valence-corrected chi connectivity index (χ2v) is 6.48. The molecule has 0 unspecified atom stereocenters. The molecule has 1 fully saturated rings. The lowest BCUT2D eigenvalue weighted by Gasteiger charge is -2.29. The summed E-state index contributed by atoms with van der Waals surface area (Å²) in [4.78, 5) is 7.91. The van der Waals surface area contributed by atoms with Crippen LogP contribution in [-0.4, -0.2) is 42.2 Å². The van der Waals surface area contributed by atoms with Crippen LogP contribution in [0.25, 0.3) is 0 Å². The van der Waals surface area contributed by atoms with Crippen molar-refractivity contribution in [1.29, 1.82) is 0 Å². The van der Waals surface area contributed by atoms with Crippen LogP contribution in [0.3, 0.4) is 0 Å². The number of hydrogen-bond acceptors (Lipinski definition) is 6. The first-order valence-corrected chi connectivity index (χ1v) is 8.32. The van der Waals surface area contributed by atoms with Crippen LogP contribution in [0.5, 0.6) is 0 Å². The molecule has 3 aromatic rings. The van der Waals surface area contributed by atoms with Gasteiger partial charge in [0.15, 0.2) is 0 Å². The van der Waals surface area contributed by atoms with Crippen molar-refractivity contribution in [3.8, 4) is 0 Å². The molecule has 0 aliphatic carbocycles. The summed E-state index contributed by atoms with van der Waals surface area (Å²) in [5, 5.41) is 9.26. The molecule has 3 heterocycles. The van der Waals surface area contributed by atoms with Crippen molar-refractivity contribution < 1.29 is 9.47 Å². The third-order valence-corrected chi connectivity index (χ3v) is 4.44. The Labute approximate surface area is 153 Å². The molecular formula is C15H14Cl2N6O2. The van der Waals surface area contributed by atoms with E-state index >= 15 is 0 Å². The van der Waals surface area contributed by atoms with Crippen molar-refractivity contribution in [2.45, 2.75) is 25.0 Å². The Morgan fingerprint density at radius 1 is 1.12 bits per heavy atom. The second kappa shape index (κ2) is 6.72. The molecule has 0 spiro atoms. The topological polar surface area (TPSA) is 79.9 Å². The van der Waals surface area contributed by atoms with E-state index in [1.54, 1.807) is 40.2 Å². The maximum Gasteiger partial charge on any atom is 0.217 e. The highest BCUT2D eigenvalue weighted by Crippen LogP contribution is 2.40. The Bertz CT molecular complexity index is 842. The first kappa shape index (κ1) is 16.5. The van der Waals surface area contributed by atoms with Crippen molar-refractivity contribution in [1.82, 2.24) is 29.5 Å². The molecule has 2 aromatic heterocycles. The molecule has 1 aliphatic heterocycles. The minimum atomic E-state index is -1.08. The van der Waals surface area contributed by atoms with E-state index in [0.29, 0.717) is 35.3 Å². The van der Waals surface area contributed by atoms with E-state index in [0.717, 1.165) is 0 Å². The molecule has 1 aromatic carbocycles. The SMILES string of the molecule is Clc1ccc([C@@]2(Cn3cncn3)OC[C@@H](Cn3cncn3)O2)c(Cl)c1. The van der Waals surface area contributed by atoms with Crippen LogP contribution in [0.4, 0.5) is 0 Å². The highest BCUT2D eigenvalue weighted by atomic mass is 35.5. The van der Waals surface area contributed by atoms with Gasteiger partial charge in [-0.15, -0.1) is 0 Å². The zero-order valence-corrected chi connectivity index (χ0v) is 14.5. The Kier molecular flexibility index (Phi) is 4.43. The average Bonchev–Trinajstić information content (AvgIpc) is 3.31. The lowest BCUT2D eigenvalue weighted by molar-refractivity contribution is -0.189. The fraction of sp³-hybridized carbons (Fsp3) is 0.333. The summed E-state index contributed by atoms with van der Waals surface area (Å²) in [6, 6.07) is 5.22. The van der Waals surface area contributed by atoms with Crippen LogP contribution in [0.15, 0.2) is 43.5 Å².